The van der Waals surface area contributed by atoms with Crippen molar-refractivity contribution in [1.82, 2.24) is 10.2 Å². The van der Waals surface area contributed by atoms with Gasteiger partial charge in [0.15, 0.2) is 0 Å². The van der Waals surface area contributed by atoms with Crippen LogP contribution in [0.3, 0.4) is 0 Å². The molecular weight excluding hydrogens is 188 g/mol. The predicted octanol–water partition coefficient (Wildman–Crippen LogP) is 1.49. The molecule has 3 heteroatoms. The second-order valence-electron chi connectivity index (χ2n) is 4.58. The molecule has 0 bridgehead atoms. The monoisotopic (exact) mass is 214 g/mol. The van der Waals surface area contributed by atoms with Crippen LogP contribution in [0.15, 0.2) is 0 Å². The molecule has 1 rings (SSSR count). The van der Waals surface area contributed by atoms with Gasteiger partial charge in [0, 0.05) is 32.3 Å². The van der Waals surface area contributed by atoms with E-state index in [1.807, 2.05) is 0 Å². The smallest absolute Gasteiger partial charge is 0.0476 e. The van der Waals surface area contributed by atoms with E-state index >= 15 is 0 Å². The summed E-state index contributed by atoms with van der Waals surface area (Å²) < 4.78 is 5.09. The average molecular weight is 214 g/mol. The standard InChI is InChI=1S/C12H26N2O/c1-4-14-8-5-6-12(10-14)13-11(2)7-9-15-3/h11-13H,4-10H2,1-3H3. The molecule has 1 fully saturated rings. The van der Waals surface area contributed by atoms with E-state index in [0.29, 0.717) is 12.1 Å². The maximum atomic E-state index is 5.09. The molecule has 3 nitrogen and oxygen atoms in total. The van der Waals surface area contributed by atoms with Gasteiger partial charge in [-0.15, -0.1) is 0 Å². The zero-order chi connectivity index (χ0) is 11.1. The molecule has 2 unspecified atom stereocenters. The number of rotatable bonds is 6. The van der Waals surface area contributed by atoms with E-state index in [-0.39, 0.29) is 0 Å². The summed E-state index contributed by atoms with van der Waals surface area (Å²) in [6.45, 7) is 9.04. The van der Waals surface area contributed by atoms with Crippen molar-refractivity contribution < 1.29 is 4.74 Å². The lowest BCUT2D eigenvalue weighted by Crippen LogP contribution is -2.48. The van der Waals surface area contributed by atoms with Gasteiger partial charge in [-0.25, -0.2) is 0 Å². The van der Waals surface area contributed by atoms with Crippen molar-refractivity contribution in [2.45, 2.75) is 45.2 Å². The maximum Gasteiger partial charge on any atom is 0.0476 e. The molecule has 0 aromatic carbocycles. The first kappa shape index (κ1) is 12.9. The Hall–Kier alpha value is -0.120. The second-order valence-corrected chi connectivity index (χ2v) is 4.58. The minimum absolute atomic E-state index is 0.576. The van der Waals surface area contributed by atoms with Crippen LogP contribution in [-0.2, 0) is 4.74 Å². The van der Waals surface area contributed by atoms with Crippen LogP contribution in [0.4, 0.5) is 0 Å². The normalized spacial score (nSPS) is 25.4. The highest BCUT2D eigenvalue weighted by atomic mass is 16.5. The predicted molar refractivity (Wildman–Crippen MR) is 64.2 cm³/mol. The van der Waals surface area contributed by atoms with Crippen LogP contribution in [0.5, 0.6) is 0 Å². The number of piperidine rings is 1. The summed E-state index contributed by atoms with van der Waals surface area (Å²) in [7, 11) is 1.77. The van der Waals surface area contributed by atoms with Crippen molar-refractivity contribution in [3.05, 3.63) is 0 Å². The Labute approximate surface area is 94.2 Å². The van der Waals surface area contributed by atoms with Crippen LogP contribution >= 0.6 is 0 Å². The van der Waals surface area contributed by atoms with Gasteiger partial charge in [-0.2, -0.15) is 0 Å². The Kier molecular flexibility index (Phi) is 6.22. The minimum atomic E-state index is 0.576. The SMILES string of the molecule is CCN1CCCC(NC(C)CCOC)C1. The van der Waals surface area contributed by atoms with Crippen molar-refractivity contribution in [3.63, 3.8) is 0 Å². The number of nitrogens with zero attached hydrogens (tertiary/aromatic N) is 1. The van der Waals surface area contributed by atoms with Gasteiger partial charge in [0.2, 0.25) is 0 Å². The molecule has 1 saturated heterocycles. The van der Waals surface area contributed by atoms with E-state index in [4.69, 9.17) is 4.74 Å². The van der Waals surface area contributed by atoms with E-state index in [1.54, 1.807) is 7.11 Å². The molecule has 0 aromatic rings. The topological polar surface area (TPSA) is 24.5 Å². The highest BCUT2D eigenvalue weighted by Gasteiger charge is 2.19. The fraction of sp³-hybridized carbons (Fsp3) is 1.00. The van der Waals surface area contributed by atoms with Crippen LogP contribution in [-0.4, -0.2) is 50.3 Å². The third kappa shape index (κ3) is 4.96. The molecule has 0 aromatic heterocycles. The van der Waals surface area contributed by atoms with E-state index < -0.39 is 0 Å². The summed E-state index contributed by atoms with van der Waals surface area (Å²) >= 11 is 0. The molecular formula is C12H26N2O. The molecule has 0 saturated carbocycles. The summed E-state index contributed by atoms with van der Waals surface area (Å²) in [4.78, 5) is 2.53. The third-order valence-corrected chi connectivity index (χ3v) is 3.23. The van der Waals surface area contributed by atoms with Crippen molar-refractivity contribution in [2.75, 3.05) is 33.4 Å². The molecule has 0 spiro atoms. The largest absolute Gasteiger partial charge is 0.385 e. The van der Waals surface area contributed by atoms with E-state index in [0.717, 1.165) is 13.0 Å². The fourth-order valence-corrected chi connectivity index (χ4v) is 2.26. The summed E-state index contributed by atoms with van der Waals surface area (Å²) in [6, 6.07) is 1.26. The lowest BCUT2D eigenvalue weighted by atomic mass is 10.0. The number of hydrogen-bond donors (Lipinski definition) is 1. The Morgan fingerprint density at radius 3 is 3.00 bits per heavy atom. The van der Waals surface area contributed by atoms with Gasteiger partial charge >= 0.3 is 0 Å². The van der Waals surface area contributed by atoms with Gasteiger partial charge in [0.25, 0.3) is 0 Å². The molecule has 15 heavy (non-hydrogen) atoms. The zero-order valence-electron chi connectivity index (χ0n) is 10.5. The zero-order valence-corrected chi connectivity index (χ0v) is 10.5. The Morgan fingerprint density at radius 2 is 2.33 bits per heavy atom. The van der Waals surface area contributed by atoms with Gasteiger partial charge < -0.3 is 15.0 Å². The lowest BCUT2D eigenvalue weighted by Gasteiger charge is -2.34. The van der Waals surface area contributed by atoms with Crippen molar-refractivity contribution in [2.24, 2.45) is 0 Å². The van der Waals surface area contributed by atoms with Crippen LogP contribution in [0.25, 0.3) is 0 Å². The molecule has 0 amide bonds. The Morgan fingerprint density at radius 1 is 1.53 bits per heavy atom. The minimum Gasteiger partial charge on any atom is -0.385 e. The molecule has 1 N–H and O–H groups in total. The number of likely N-dealkylation sites (tertiary alicyclic amines) is 1. The van der Waals surface area contributed by atoms with Gasteiger partial charge in [-0.1, -0.05) is 6.92 Å². The summed E-state index contributed by atoms with van der Waals surface area (Å²) in [6.07, 6.45) is 3.77. The molecule has 2 atom stereocenters. The molecule has 0 radical (unpaired) electrons. The third-order valence-electron chi connectivity index (χ3n) is 3.23. The number of nitrogens with one attached hydrogen (secondary N) is 1. The maximum absolute atomic E-state index is 5.09. The fourth-order valence-electron chi connectivity index (χ4n) is 2.26. The Bertz CT molecular complexity index is 164. The summed E-state index contributed by atoms with van der Waals surface area (Å²) in [5, 5.41) is 3.70. The van der Waals surface area contributed by atoms with Crippen molar-refractivity contribution in [1.29, 1.82) is 0 Å². The number of methoxy groups -OCH3 is 1. The van der Waals surface area contributed by atoms with Crippen molar-refractivity contribution >= 4 is 0 Å². The first-order valence-corrected chi connectivity index (χ1v) is 6.23. The highest BCUT2D eigenvalue weighted by molar-refractivity contribution is 4.79. The van der Waals surface area contributed by atoms with E-state index in [1.165, 1.54) is 32.5 Å². The quantitative estimate of drug-likeness (QED) is 0.725. The highest BCUT2D eigenvalue weighted by Crippen LogP contribution is 2.10. The molecule has 90 valence electrons. The van der Waals surface area contributed by atoms with Gasteiger partial charge in [-0.3, -0.25) is 0 Å². The molecule has 1 heterocycles. The number of likely N-dealkylation sites (N-methyl/N-ethyl adjacent to an activating group) is 1. The molecule has 1 aliphatic rings. The van der Waals surface area contributed by atoms with Gasteiger partial charge in [0.1, 0.15) is 0 Å². The number of ether oxygens (including phenoxy) is 1. The first-order valence-electron chi connectivity index (χ1n) is 6.23. The first-order chi connectivity index (χ1) is 7.26. The van der Waals surface area contributed by atoms with Crippen LogP contribution < -0.4 is 5.32 Å². The lowest BCUT2D eigenvalue weighted by molar-refractivity contribution is 0.165. The van der Waals surface area contributed by atoms with Crippen molar-refractivity contribution in [3.8, 4) is 0 Å². The summed E-state index contributed by atoms with van der Waals surface area (Å²) in [5.41, 5.74) is 0. The van der Waals surface area contributed by atoms with E-state index in [9.17, 15) is 0 Å². The second kappa shape index (κ2) is 7.20. The molecule has 1 aliphatic heterocycles. The summed E-state index contributed by atoms with van der Waals surface area (Å²) in [5.74, 6) is 0. The van der Waals surface area contributed by atoms with Crippen LogP contribution in [0.2, 0.25) is 0 Å². The number of hydrogen-bond acceptors (Lipinski definition) is 3. The van der Waals surface area contributed by atoms with Gasteiger partial charge in [-0.05, 0) is 39.3 Å². The van der Waals surface area contributed by atoms with Gasteiger partial charge in [0.05, 0.1) is 0 Å². The Balaban J connectivity index is 2.19. The molecule has 0 aliphatic carbocycles. The van der Waals surface area contributed by atoms with Crippen LogP contribution in [0.1, 0.15) is 33.1 Å². The van der Waals surface area contributed by atoms with E-state index in [2.05, 4.69) is 24.1 Å². The average Bonchev–Trinajstić information content (AvgIpc) is 2.26. The van der Waals surface area contributed by atoms with Crippen LogP contribution in [0, 0.1) is 0 Å².